The van der Waals surface area contributed by atoms with Gasteiger partial charge in [0.2, 0.25) is 0 Å². The molecule has 0 saturated heterocycles. The molecule has 0 fully saturated rings. The van der Waals surface area contributed by atoms with Gasteiger partial charge in [-0.2, -0.15) is 0 Å². The van der Waals surface area contributed by atoms with Crippen LogP contribution in [0.3, 0.4) is 0 Å². The molecule has 0 amide bonds. The SMILES string of the molecule is Cc1ccc2cc(CN3CCc4nc(C)[nH]c(=O)c4C3)c(Cl)nc2c1. The molecule has 1 aliphatic rings. The third kappa shape index (κ3) is 3.17. The van der Waals surface area contributed by atoms with Crippen LogP contribution >= 0.6 is 11.6 Å². The molecule has 128 valence electrons. The fourth-order valence-electron chi connectivity index (χ4n) is 3.39. The summed E-state index contributed by atoms with van der Waals surface area (Å²) in [5, 5.41) is 1.61. The minimum absolute atomic E-state index is 0.0367. The highest BCUT2D eigenvalue weighted by Crippen LogP contribution is 2.24. The average molecular weight is 355 g/mol. The molecule has 3 aromatic rings. The second kappa shape index (κ2) is 6.24. The van der Waals surface area contributed by atoms with E-state index in [2.05, 4.69) is 38.1 Å². The number of nitrogens with one attached hydrogen (secondary N) is 1. The van der Waals surface area contributed by atoms with E-state index in [1.807, 2.05) is 19.9 Å². The fourth-order valence-corrected chi connectivity index (χ4v) is 3.59. The Morgan fingerprint density at radius 2 is 2.08 bits per heavy atom. The van der Waals surface area contributed by atoms with Crippen molar-refractivity contribution in [3.63, 3.8) is 0 Å². The van der Waals surface area contributed by atoms with Crippen LogP contribution in [-0.4, -0.2) is 26.4 Å². The summed E-state index contributed by atoms with van der Waals surface area (Å²) in [5.74, 6) is 0.675. The van der Waals surface area contributed by atoms with Crippen molar-refractivity contribution in [3.8, 4) is 0 Å². The highest BCUT2D eigenvalue weighted by atomic mass is 35.5. The van der Waals surface area contributed by atoms with Crippen LogP contribution < -0.4 is 5.56 Å². The van der Waals surface area contributed by atoms with Crippen LogP contribution in [0.25, 0.3) is 10.9 Å². The number of fused-ring (bicyclic) bond motifs is 2. The maximum Gasteiger partial charge on any atom is 0.255 e. The molecule has 0 bridgehead atoms. The number of rotatable bonds is 2. The van der Waals surface area contributed by atoms with Crippen LogP contribution in [0, 0.1) is 13.8 Å². The second-order valence-electron chi connectivity index (χ2n) is 6.67. The Hall–Kier alpha value is -2.24. The molecule has 5 nitrogen and oxygen atoms in total. The Balaban J connectivity index is 1.62. The molecule has 3 heterocycles. The van der Waals surface area contributed by atoms with Crippen molar-refractivity contribution in [3.05, 3.63) is 68.0 Å². The van der Waals surface area contributed by atoms with Crippen LogP contribution in [0.4, 0.5) is 0 Å². The highest BCUT2D eigenvalue weighted by molar-refractivity contribution is 6.30. The van der Waals surface area contributed by atoms with Crippen molar-refractivity contribution in [1.29, 1.82) is 0 Å². The first-order valence-electron chi connectivity index (χ1n) is 8.36. The Morgan fingerprint density at radius 3 is 2.92 bits per heavy atom. The van der Waals surface area contributed by atoms with E-state index in [4.69, 9.17) is 11.6 Å². The number of hydrogen-bond acceptors (Lipinski definition) is 4. The lowest BCUT2D eigenvalue weighted by Gasteiger charge is -2.27. The third-order valence-corrected chi connectivity index (χ3v) is 4.99. The number of aryl methyl sites for hydroxylation is 2. The van der Waals surface area contributed by atoms with Gasteiger partial charge < -0.3 is 4.98 Å². The van der Waals surface area contributed by atoms with Crippen LogP contribution in [0.1, 0.15) is 28.2 Å². The van der Waals surface area contributed by atoms with Gasteiger partial charge in [-0.3, -0.25) is 9.69 Å². The van der Waals surface area contributed by atoms with Gasteiger partial charge in [-0.1, -0.05) is 23.7 Å². The summed E-state index contributed by atoms with van der Waals surface area (Å²) in [5.41, 5.74) is 4.70. The summed E-state index contributed by atoms with van der Waals surface area (Å²) in [4.78, 5) is 26.2. The number of aromatic nitrogens is 3. The van der Waals surface area contributed by atoms with Gasteiger partial charge in [0.25, 0.3) is 5.56 Å². The van der Waals surface area contributed by atoms with Gasteiger partial charge in [-0.05, 0) is 31.5 Å². The zero-order valence-corrected chi connectivity index (χ0v) is 15.0. The lowest BCUT2D eigenvalue weighted by Crippen LogP contribution is -2.35. The van der Waals surface area contributed by atoms with Crippen molar-refractivity contribution in [1.82, 2.24) is 19.9 Å². The first-order valence-corrected chi connectivity index (χ1v) is 8.74. The number of halogens is 1. The molecule has 0 unspecified atom stereocenters. The number of benzene rings is 1. The highest BCUT2D eigenvalue weighted by Gasteiger charge is 2.21. The topological polar surface area (TPSA) is 61.9 Å². The van der Waals surface area contributed by atoms with E-state index >= 15 is 0 Å². The van der Waals surface area contributed by atoms with Crippen molar-refractivity contribution >= 4 is 22.5 Å². The molecule has 25 heavy (non-hydrogen) atoms. The zero-order chi connectivity index (χ0) is 17.6. The van der Waals surface area contributed by atoms with Crippen LogP contribution in [0.15, 0.2) is 29.1 Å². The van der Waals surface area contributed by atoms with Gasteiger partial charge in [-0.15, -0.1) is 0 Å². The molecule has 1 aromatic carbocycles. The number of aromatic amines is 1. The summed E-state index contributed by atoms with van der Waals surface area (Å²) < 4.78 is 0. The molecule has 4 rings (SSSR count). The summed E-state index contributed by atoms with van der Waals surface area (Å²) in [6, 6.07) is 8.28. The van der Waals surface area contributed by atoms with E-state index in [1.54, 1.807) is 0 Å². The minimum atomic E-state index is -0.0367. The molecule has 0 radical (unpaired) electrons. The summed E-state index contributed by atoms with van der Waals surface area (Å²) in [7, 11) is 0. The number of nitrogens with zero attached hydrogens (tertiary/aromatic N) is 3. The number of pyridine rings is 1. The van der Waals surface area contributed by atoms with E-state index in [0.717, 1.165) is 40.7 Å². The molecular weight excluding hydrogens is 336 g/mol. The summed E-state index contributed by atoms with van der Waals surface area (Å²) in [6.45, 7) is 5.96. The molecule has 0 spiro atoms. The fraction of sp³-hybridized carbons (Fsp3) is 0.316. The van der Waals surface area contributed by atoms with Gasteiger partial charge in [0, 0.05) is 37.0 Å². The Morgan fingerprint density at radius 1 is 1.24 bits per heavy atom. The quantitative estimate of drug-likeness (QED) is 0.718. The Labute approximate surface area is 150 Å². The van der Waals surface area contributed by atoms with Crippen molar-refractivity contribution < 1.29 is 0 Å². The van der Waals surface area contributed by atoms with Gasteiger partial charge >= 0.3 is 0 Å². The van der Waals surface area contributed by atoms with E-state index in [-0.39, 0.29) is 5.56 Å². The average Bonchev–Trinajstić information content (AvgIpc) is 2.56. The number of H-pyrrole nitrogens is 1. The summed E-state index contributed by atoms with van der Waals surface area (Å²) >= 11 is 6.41. The first-order chi connectivity index (χ1) is 12.0. The van der Waals surface area contributed by atoms with Crippen LogP contribution in [0.5, 0.6) is 0 Å². The summed E-state index contributed by atoms with van der Waals surface area (Å²) in [6.07, 6.45) is 0.776. The van der Waals surface area contributed by atoms with E-state index in [9.17, 15) is 4.79 Å². The van der Waals surface area contributed by atoms with Crippen LogP contribution in [-0.2, 0) is 19.5 Å². The lowest BCUT2D eigenvalue weighted by atomic mass is 10.1. The Kier molecular flexibility index (Phi) is 4.06. The largest absolute Gasteiger partial charge is 0.310 e. The van der Waals surface area contributed by atoms with Crippen molar-refractivity contribution in [2.24, 2.45) is 0 Å². The lowest BCUT2D eigenvalue weighted by molar-refractivity contribution is 0.241. The van der Waals surface area contributed by atoms with E-state index in [1.165, 1.54) is 5.56 Å². The maximum atomic E-state index is 12.2. The van der Waals surface area contributed by atoms with Crippen molar-refractivity contribution in [2.75, 3.05) is 6.54 Å². The molecule has 6 heteroatoms. The predicted octanol–water partition coefficient (Wildman–Crippen LogP) is 3.15. The normalized spacial score (nSPS) is 14.7. The molecule has 0 atom stereocenters. The maximum absolute atomic E-state index is 12.2. The number of hydrogen-bond donors (Lipinski definition) is 1. The molecule has 1 aliphatic heterocycles. The first kappa shape index (κ1) is 16.2. The van der Waals surface area contributed by atoms with Gasteiger partial charge in [0.1, 0.15) is 11.0 Å². The third-order valence-electron chi connectivity index (χ3n) is 4.66. The smallest absolute Gasteiger partial charge is 0.255 e. The van der Waals surface area contributed by atoms with E-state index in [0.29, 0.717) is 24.1 Å². The van der Waals surface area contributed by atoms with E-state index < -0.39 is 0 Å². The standard InChI is InChI=1S/C19H19ClN4O/c1-11-3-4-13-8-14(18(20)23-17(13)7-11)9-24-6-5-16-15(10-24)19(25)22-12(2)21-16/h3-4,7-8H,5-6,9-10H2,1-2H3,(H,21,22,25). The van der Waals surface area contributed by atoms with Gasteiger partial charge in [0.05, 0.1) is 16.8 Å². The molecule has 2 aromatic heterocycles. The zero-order valence-electron chi connectivity index (χ0n) is 14.3. The monoisotopic (exact) mass is 354 g/mol. The molecule has 0 saturated carbocycles. The minimum Gasteiger partial charge on any atom is -0.310 e. The van der Waals surface area contributed by atoms with Crippen LogP contribution in [0.2, 0.25) is 5.15 Å². The molecule has 0 aliphatic carbocycles. The predicted molar refractivity (Wildman–Crippen MR) is 98.9 cm³/mol. The van der Waals surface area contributed by atoms with Crippen molar-refractivity contribution in [2.45, 2.75) is 33.4 Å². The Bertz CT molecular complexity index is 1030. The second-order valence-corrected chi connectivity index (χ2v) is 7.03. The van der Waals surface area contributed by atoms with Gasteiger partial charge in [-0.25, -0.2) is 9.97 Å². The molecule has 1 N–H and O–H groups in total. The molecular formula is C19H19ClN4O. The van der Waals surface area contributed by atoms with Gasteiger partial charge in [0.15, 0.2) is 0 Å².